The van der Waals surface area contributed by atoms with Crippen LogP contribution in [0.2, 0.25) is 10.0 Å². The quantitative estimate of drug-likeness (QED) is 0.382. The van der Waals surface area contributed by atoms with Gasteiger partial charge < -0.3 is 10.6 Å². The van der Waals surface area contributed by atoms with Gasteiger partial charge in [-0.1, -0.05) is 66.0 Å². The van der Waals surface area contributed by atoms with Crippen LogP contribution < -0.4 is 15.5 Å². The van der Waals surface area contributed by atoms with Crippen LogP contribution in [0.4, 0.5) is 17.1 Å². The third kappa shape index (κ3) is 4.53. The minimum Gasteiger partial charge on any atom is -0.350 e. The third-order valence-corrected chi connectivity index (χ3v) is 6.42. The van der Waals surface area contributed by atoms with Gasteiger partial charge in [-0.2, -0.15) is 0 Å². The van der Waals surface area contributed by atoms with E-state index in [4.69, 9.17) is 34.8 Å². The summed E-state index contributed by atoms with van der Waals surface area (Å²) in [6, 6.07) is 18.7. The number of nitrogens with one attached hydrogen (secondary N) is 2. The number of rotatable bonds is 6. The van der Waals surface area contributed by atoms with Crippen molar-refractivity contribution in [1.82, 2.24) is 0 Å². The maximum Gasteiger partial charge on any atom is 0.283 e. The lowest BCUT2D eigenvalue weighted by Gasteiger charge is -2.17. The molecule has 6 nitrogen and oxygen atoms in total. The number of para-hydroxylation sites is 1. The fourth-order valence-corrected chi connectivity index (χ4v) is 4.08. The van der Waals surface area contributed by atoms with Gasteiger partial charge in [0.2, 0.25) is 0 Å². The molecule has 3 amide bonds. The number of hydrogen-bond donors (Lipinski definition) is 2. The number of carbonyl (C=O) groups excluding carboxylic acids is 3. The topological polar surface area (TPSA) is 78.5 Å². The van der Waals surface area contributed by atoms with Gasteiger partial charge in [-0.15, -0.1) is 0 Å². The Morgan fingerprint density at radius 1 is 0.882 bits per heavy atom. The Balaban J connectivity index is 1.51. The van der Waals surface area contributed by atoms with Crippen LogP contribution in [0.25, 0.3) is 0 Å². The van der Waals surface area contributed by atoms with Gasteiger partial charge in [0, 0.05) is 16.9 Å². The molecule has 0 atom stereocenters. The molecule has 3 aromatic rings. The van der Waals surface area contributed by atoms with Gasteiger partial charge >= 0.3 is 0 Å². The second-order valence-corrected chi connectivity index (χ2v) is 8.54. The van der Waals surface area contributed by atoms with E-state index < -0.39 is 11.8 Å². The predicted molar refractivity (Wildman–Crippen MR) is 136 cm³/mol. The van der Waals surface area contributed by atoms with E-state index >= 15 is 0 Å². The highest BCUT2D eigenvalue weighted by Crippen LogP contribution is 2.37. The first kappa shape index (κ1) is 23.8. The van der Waals surface area contributed by atoms with Crippen LogP contribution in [0.1, 0.15) is 22.8 Å². The summed E-state index contributed by atoms with van der Waals surface area (Å²) < 4.78 is 0. The van der Waals surface area contributed by atoms with Crippen molar-refractivity contribution in [2.24, 2.45) is 0 Å². The zero-order chi connectivity index (χ0) is 24.4. The van der Waals surface area contributed by atoms with Crippen molar-refractivity contribution < 1.29 is 14.4 Å². The number of anilines is 3. The smallest absolute Gasteiger partial charge is 0.283 e. The summed E-state index contributed by atoms with van der Waals surface area (Å²) in [6.45, 7) is 2.02. The van der Waals surface area contributed by atoms with Crippen LogP contribution >= 0.6 is 34.8 Å². The van der Waals surface area contributed by atoms with Crippen LogP contribution in [0.3, 0.4) is 0 Å². The van der Waals surface area contributed by atoms with Crippen LogP contribution in [0.15, 0.2) is 77.5 Å². The molecule has 4 rings (SSSR count). The van der Waals surface area contributed by atoms with Crippen LogP contribution in [0, 0.1) is 0 Å². The van der Waals surface area contributed by atoms with Gasteiger partial charge in [-0.05, 0) is 54.4 Å². The van der Waals surface area contributed by atoms with Crippen molar-refractivity contribution in [3.05, 3.63) is 98.6 Å². The van der Waals surface area contributed by atoms with E-state index in [0.717, 1.165) is 22.6 Å². The largest absolute Gasteiger partial charge is 0.350 e. The van der Waals surface area contributed by atoms with Gasteiger partial charge in [-0.3, -0.25) is 14.4 Å². The SMILES string of the molecule is CCc1ccccc1NC(=O)c1ccc(NC2=C(Cl)C(=O)N(c3cccc(Cl)c3Cl)C2=O)cc1. The van der Waals surface area contributed by atoms with Gasteiger partial charge in [0.05, 0.1) is 15.7 Å². The number of imide groups is 1. The average Bonchev–Trinajstić information content (AvgIpc) is 3.04. The molecule has 0 radical (unpaired) electrons. The summed E-state index contributed by atoms with van der Waals surface area (Å²) in [6.07, 6.45) is 0.791. The van der Waals surface area contributed by atoms with Crippen molar-refractivity contribution in [2.45, 2.75) is 13.3 Å². The summed E-state index contributed by atoms with van der Waals surface area (Å²) in [4.78, 5) is 39.2. The number of halogens is 3. The Bertz CT molecular complexity index is 1340. The summed E-state index contributed by atoms with van der Waals surface area (Å²) in [7, 11) is 0. The molecule has 0 saturated carbocycles. The molecule has 0 fully saturated rings. The Labute approximate surface area is 211 Å². The lowest BCUT2D eigenvalue weighted by atomic mass is 10.1. The Hall–Kier alpha value is -3.32. The van der Waals surface area contributed by atoms with E-state index in [1.165, 1.54) is 6.07 Å². The molecule has 3 aromatic carbocycles. The highest BCUT2D eigenvalue weighted by Gasteiger charge is 2.40. The first-order valence-corrected chi connectivity index (χ1v) is 11.4. The fraction of sp³-hybridized carbons (Fsp3) is 0.0800. The molecule has 0 aromatic heterocycles. The molecule has 1 aliphatic heterocycles. The van der Waals surface area contributed by atoms with Crippen molar-refractivity contribution in [3.8, 4) is 0 Å². The van der Waals surface area contributed by atoms with Gasteiger partial charge in [0.1, 0.15) is 10.7 Å². The molecule has 1 aliphatic rings. The number of carbonyl (C=O) groups is 3. The average molecular weight is 515 g/mol. The molecule has 34 heavy (non-hydrogen) atoms. The van der Waals surface area contributed by atoms with E-state index in [-0.39, 0.29) is 32.4 Å². The summed E-state index contributed by atoms with van der Waals surface area (Å²) >= 11 is 18.4. The van der Waals surface area contributed by atoms with Gasteiger partial charge in [-0.25, -0.2) is 4.90 Å². The predicted octanol–water partition coefficient (Wildman–Crippen LogP) is 6.24. The Morgan fingerprint density at radius 2 is 1.59 bits per heavy atom. The molecular weight excluding hydrogens is 497 g/mol. The molecule has 0 unspecified atom stereocenters. The zero-order valence-electron chi connectivity index (χ0n) is 17.9. The lowest BCUT2D eigenvalue weighted by molar-refractivity contribution is -0.120. The Kier molecular flexibility index (Phi) is 6.93. The molecule has 0 spiro atoms. The molecule has 0 aliphatic carbocycles. The zero-order valence-corrected chi connectivity index (χ0v) is 20.1. The van der Waals surface area contributed by atoms with Crippen molar-refractivity contribution in [1.29, 1.82) is 0 Å². The number of benzene rings is 3. The summed E-state index contributed by atoms with van der Waals surface area (Å²) in [5.74, 6) is -1.65. The van der Waals surface area contributed by atoms with E-state index in [1.807, 2.05) is 31.2 Å². The summed E-state index contributed by atoms with van der Waals surface area (Å²) in [5, 5.41) is 5.76. The van der Waals surface area contributed by atoms with Gasteiger partial charge in [0.25, 0.3) is 17.7 Å². The maximum atomic E-state index is 13.0. The van der Waals surface area contributed by atoms with Crippen LogP contribution in [-0.4, -0.2) is 17.7 Å². The molecule has 1 heterocycles. The van der Waals surface area contributed by atoms with E-state index in [1.54, 1.807) is 36.4 Å². The van der Waals surface area contributed by atoms with E-state index in [0.29, 0.717) is 11.3 Å². The first-order chi connectivity index (χ1) is 16.3. The van der Waals surface area contributed by atoms with Crippen molar-refractivity contribution in [2.75, 3.05) is 15.5 Å². The third-order valence-electron chi connectivity index (χ3n) is 5.26. The number of aryl methyl sites for hydroxylation is 1. The minimum absolute atomic E-state index is 0.0663. The fourth-order valence-electron chi connectivity index (χ4n) is 3.49. The lowest BCUT2D eigenvalue weighted by Crippen LogP contribution is -2.32. The second-order valence-electron chi connectivity index (χ2n) is 7.37. The summed E-state index contributed by atoms with van der Waals surface area (Å²) in [5.41, 5.74) is 2.72. The first-order valence-electron chi connectivity index (χ1n) is 10.3. The molecule has 0 bridgehead atoms. The molecule has 2 N–H and O–H groups in total. The van der Waals surface area contributed by atoms with Crippen molar-refractivity contribution >= 4 is 69.6 Å². The van der Waals surface area contributed by atoms with Crippen molar-refractivity contribution in [3.63, 3.8) is 0 Å². The monoisotopic (exact) mass is 513 g/mol. The number of amides is 3. The highest BCUT2D eigenvalue weighted by atomic mass is 35.5. The molecule has 9 heteroatoms. The van der Waals surface area contributed by atoms with E-state index in [2.05, 4.69) is 10.6 Å². The second kappa shape index (κ2) is 9.89. The molecular formula is C25H18Cl3N3O3. The highest BCUT2D eigenvalue weighted by molar-refractivity contribution is 6.54. The maximum absolute atomic E-state index is 13.0. The van der Waals surface area contributed by atoms with Crippen LogP contribution in [-0.2, 0) is 16.0 Å². The molecule has 0 saturated heterocycles. The molecule has 172 valence electrons. The van der Waals surface area contributed by atoms with Crippen LogP contribution in [0.5, 0.6) is 0 Å². The normalized spacial score (nSPS) is 13.5. The Morgan fingerprint density at radius 3 is 2.29 bits per heavy atom. The number of nitrogens with zero attached hydrogens (tertiary/aromatic N) is 1. The minimum atomic E-state index is -0.719. The number of hydrogen-bond acceptors (Lipinski definition) is 4. The van der Waals surface area contributed by atoms with Gasteiger partial charge in [0.15, 0.2) is 0 Å². The standard InChI is InChI=1S/C25H18Cl3N3O3/c1-2-14-6-3-4-8-18(14)30-23(32)15-10-12-16(13-11-15)29-22-21(28)24(33)31(25(22)34)19-9-5-7-17(26)20(19)27/h3-13,29H,2H2,1H3,(H,30,32). The van der Waals surface area contributed by atoms with E-state index in [9.17, 15) is 14.4 Å².